The lowest BCUT2D eigenvalue weighted by atomic mass is 9.85. The standard InChI is InChI=1S/C19H25N3O3/c1-14-8-6-7-11-16(14)22-18(24)17(23)21(19(22)25)13-20(2)12-15-9-4-3-5-10-15/h3-5,9-10,14,16H,6-8,11-13H2,1-2H3/p+1/t14-,16+/m0/s1. The van der Waals surface area contributed by atoms with E-state index in [4.69, 9.17) is 0 Å². The Morgan fingerprint density at radius 2 is 1.72 bits per heavy atom. The van der Waals surface area contributed by atoms with Crippen molar-refractivity contribution in [3.63, 3.8) is 0 Å². The number of hydrogen-bond acceptors (Lipinski definition) is 3. The van der Waals surface area contributed by atoms with Crippen molar-refractivity contribution >= 4 is 17.8 Å². The highest BCUT2D eigenvalue weighted by atomic mass is 16.2. The smallest absolute Gasteiger partial charge is 0.316 e. The normalized spacial score (nSPS) is 25.6. The van der Waals surface area contributed by atoms with Crippen molar-refractivity contribution in [3.05, 3.63) is 35.9 Å². The van der Waals surface area contributed by atoms with Gasteiger partial charge in [0, 0.05) is 11.6 Å². The summed E-state index contributed by atoms with van der Waals surface area (Å²) in [5.74, 6) is -1.09. The van der Waals surface area contributed by atoms with Gasteiger partial charge in [0.1, 0.15) is 6.54 Å². The second-order valence-electron chi connectivity index (χ2n) is 7.30. The predicted molar refractivity (Wildman–Crippen MR) is 92.4 cm³/mol. The Labute approximate surface area is 148 Å². The minimum atomic E-state index is -0.685. The van der Waals surface area contributed by atoms with Gasteiger partial charge in [-0.25, -0.2) is 9.69 Å². The van der Waals surface area contributed by atoms with Gasteiger partial charge in [-0.3, -0.25) is 14.5 Å². The van der Waals surface area contributed by atoms with Crippen molar-refractivity contribution in [1.29, 1.82) is 0 Å². The van der Waals surface area contributed by atoms with Gasteiger partial charge in [0.15, 0.2) is 6.67 Å². The maximum Gasteiger partial charge on any atom is 0.338 e. The number of benzene rings is 1. The number of quaternary nitrogens is 1. The summed E-state index contributed by atoms with van der Waals surface area (Å²) >= 11 is 0. The van der Waals surface area contributed by atoms with Gasteiger partial charge in [0.2, 0.25) is 0 Å². The van der Waals surface area contributed by atoms with Crippen LogP contribution in [0.2, 0.25) is 0 Å². The van der Waals surface area contributed by atoms with E-state index in [1.54, 1.807) is 0 Å². The summed E-state index contributed by atoms with van der Waals surface area (Å²) in [6.07, 6.45) is 3.91. The monoisotopic (exact) mass is 344 g/mol. The lowest BCUT2D eigenvalue weighted by molar-refractivity contribution is -0.901. The van der Waals surface area contributed by atoms with E-state index in [0.29, 0.717) is 6.54 Å². The summed E-state index contributed by atoms with van der Waals surface area (Å²) in [5, 5.41) is 0. The Morgan fingerprint density at radius 3 is 2.40 bits per heavy atom. The molecular weight excluding hydrogens is 318 g/mol. The largest absolute Gasteiger partial charge is 0.338 e. The highest BCUT2D eigenvalue weighted by Crippen LogP contribution is 2.30. The molecule has 1 heterocycles. The highest BCUT2D eigenvalue weighted by Gasteiger charge is 2.50. The molecule has 1 aromatic rings. The first-order chi connectivity index (χ1) is 12.0. The van der Waals surface area contributed by atoms with Crippen molar-refractivity contribution in [2.75, 3.05) is 13.7 Å². The fourth-order valence-electron chi connectivity index (χ4n) is 3.90. The quantitative estimate of drug-likeness (QED) is 0.641. The van der Waals surface area contributed by atoms with Gasteiger partial charge in [0.05, 0.1) is 7.05 Å². The maximum atomic E-state index is 12.8. The number of imide groups is 2. The molecule has 1 aliphatic heterocycles. The van der Waals surface area contributed by atoms with Crippen LogP contribution in [0.4, 0.5) is 4.79 Å². The highest BCUT2D eigenvalue weighted by molar-refractivity contribution is 6.44. The molecule has 1 saturated carbocycles. The molecule has 1 saturated heterocycles. The van der Waals surface area contributed by atoms with Crippen LogP contribution in [0.15, 0.2) is 30.3 Å². The zero-order chi connectivity index (χ0) is 18.0. The van der Waals surface area contributed by atoms with E-state index in [0.717, 1.165) is 41.0 Å². The number of carbonyl (C=O) groups excluding carboxylic acids is 3. The zero-order valence-electron chi connectivity index (χ0n) is 14.9. The Bertz CT molecular complexity index is 661. The van der Waals surface area contributed by atoms with Crippen LogP contribution >= 0.6 is 0 Å². The number of amides is 4. The fraction of sp³-hybridized carbons (Fsp3) is 0.526. The van der Waals surface area contributed by atoms with Crippen LogP contribution < -0.4 is 4.90 Å². The average Bonchev–Trinajstić information content (AvgIpc) is 2.80. The average molecular weight is 344 g/mol. The molecule has 0 radical (unpaired) electrons. The molecule has 6 heteroatoms. The SMILES string of the molecule is C[C@H]1CCCC[C@H]1N1C(=O)C(=O)N(C[NH+](C)Cc2ccccc2)C1=O. The summed E-state index contributed by atoms with van der Waals surface area (Å²) < 4.78 is 0. The molecular formula is C19H26N3O3+. The molecule has 1 unspecified atom stereocenters. The first-order valence-corrected chi connectivity index (χ1v) is 9.03. The zero-order valence-corrected chi connectivity index (χ0v) is 14.9. The van der Waals surface area contributed by atoms with E-state index in [9.17, 15) is 14.4 Å². The number of nitrogens with one attached hydrogen (secondary N) is 1. The molecule has 0 bridgehead atoms. The van der Waals surface area contributed by atoms with E-state index in [1.807, 2.05) is 37.4 Å². The summed E-state index contributed by atoms with van der Waals surface area (Å²) in [5.41, 5.74) is 1.13. The topological polar surface area (TPSA) is 62.1 Å². The molecule has 4 amide bonds. The molecule has 3 rings (SSSR count). The lowest BCUT2D eigenvalue weighted by Crippen LogP contribution is -3.09. The second kappa shape index (κ2) is 7.35. The van der Waals surface area contributed by atoms with Crippen molar-refractivity contribution in [1.82, 2.24) is 9.80 Å². The second-order valence-corrected chi connectivity index (χ2v) is 7.30. The fourth-order valence-corrected chi connectivity index (χ4v) is 3.90. The van der Waals surface area contributed by atoms with Crippen LogP contribution in [0.5, 0.6) is 0 Å². The Morgan fingerprint density at radius 1 is 1.04 bits per heavy atom. The predicted octanol–water partition coefficient (Wildman–Crippen LogP) is 1.03. The lowest BCUT2D eigenvalue weighted by Gasteiger charge is -2.34. The minimum Gasteiger partial charge on any atom is -0.316 e. The van der Waals surface area contributed by atoms with Crippen LogP contribution in [0.3, 0.4) is 0 Å². The van der Waals surface area contributed by atoms with E-state index in [1.165, 1.54) is 4.90 Å². The molecule has 6 nitrogen and oxygen atoms in total. The van der Waals surface area contributed by atoms with Crippen molar-refractivity contribution < 1.29 is 19.3 Å². The number of carbonyl (C=O) groups is 3. The van der Waals surface area contributed by atoms with Crippen LogP contribution in [-0.4, -0.2) is 47.4 Å². The van der Waals surface area contributed by atoms with E-state index < -0.39 is 17.8 Å². The number of hydrogen-bond donors (Lipinski definition) is 1. The first-order valence-electron chi connectivity index (χ1n) is 9.03. The summed E-state index contributed by atoms with van der Waals surface area (Å²) in [6.45, 7) is 2.95. The molecule has 25 heavy (non-hydrogen) atoms. The Balaban J connectivity index is 1.68. The maximum absolute atomic E-state index is 12.8. The third-order valence-corrected chi connectivity index (χ3v) is 5.26. The van der Waals surface area contributed by atoms with E-state index in [2.05, 4.69) is 6.92 Å². The summed E-state index contributed by atoms with van der Waals surface area (Å²) in [4.78, 5) is 40.9. The van der Waals surface area contributed by atoms with Gasteiger partial charge in [-0.2, -0.15) is 0 Å². The van der Waals surface area contributed by atoms with Gasteiger partial charge in [-0.05, 0) is 18.8 Å². The summed E-state index contributed by atoms with van der Waals surface area (Å²) in [6, 6.07) is 9.32. The van der Waals surface area contributed by atoms with Crippen LogP contribution in [0.25, 0.3) is 0 Å². The van der Waals surface area contributed by atoms with Gasteiger partial charge >= 0.3 is 17.8 Å². The van der Waals surface area contributed by atoms with Crippen LogP contribution in [-0.2, 0) is 16.1 Å². The van der Waals surface area contributed by atoms with Gasteiger partial charge in [-0.1, -0.05) is 50.1 Å². The molecule has 0 spiro atoms. The van der Waals surface area contributed by atoms with Crippen LogP contribution in [0.1, 0.15) is 38.2 Å². The minimum absolute atomic E-state index is 0.142. The van der Waals surface area contributed by atoms with Gasteiger partial charge in [-0.15, -0.1) is 0 Å². The van der Waals surface area contributed by atoms with E-state index >= 15 is 0 Å². The molecule has 0 aromatic heterocycles. The Kier molecular flexibility index (Phi) is 5.18. The molecule has 1 aliphatic carbocycles. The van der Waals surface area contributed by atoms with Gasteiger partial charge in [0.25, 0.3) is 0 Å². The van der Waals surface area contributed by atoms with Gasteiger partial charge < -0.3 is 4.90 Å². The molecule has 1 N–H and O–H groups in total. The van der Waals surface area contributed by atoms with E-state index in [-0.39, 0.29) is 18.6 Å². The third kappa shape index (κ3) is 3.58. The third-order valence-electron chi connectivity index (χ3n) is 5.26. The van der Waals surface area contributed by atoms with Crippen LogP contribution in [0, 0.1) is 5.92 Å². The molecule has 134 valence electrons. The number of rotatable bonds is 5. The van der Waals surface area contributed by atoms with Crippen molar-refractivity contribution in [2.24, 2.45) is 5.92 Å². The van der Waals surface area contributed by atoms with Crippen molar-refractivity contribution in [2.45, 2.75) is 45.2 Å². The molecule has 2 aliphatic rings. The number of urea groups is 1. The number of nitrogens with zero attached hydrogens (tertiary/aromatic N) is 2. The Hall–Kier alpha value is -2.21. The molecule has 2 fully saturated rings. The summed E-state index contributed by atoms with van der Waals surface area (Å²) in [7, 11) is 1.92. The molecule has 3 atom stereocenters. The first kappa shape index (κ1) is 17.6. The molecule has 1 aromatic carbocycles. The van der Waals surface area contributed by atoms with Crippen molar-refractivity contribution in [3.8, 4) is 0 Å².